The molecule has 0 aromatic rings. The van der Waals surface area contributed by atoms with E-state index in [0.29, 0.717) is 11.9 Å². The Balaban J connectivity index is 0.00000280. The largest absolute Gasteiger partial charge is 0.381 e. The van der Waals surface area contributed by atoms with Crippen LogP contribution in [-0.2, 0) is 9.53 Å². The molecule has 3 rings (SSSR count). The first kappa shape index (κ1) is 24.1. The first-order valence-electron chi connectivity index (χ1n) is 10.6. The van der Waals surface area contributed by atoms with Crippen molar-refractivity contribution < 1.29 is 9.53 Å². The zero-order valence-electron chi connectivity index (χ0n) is 17.4. The molecule has 2 saturated heterocycles. The van der Waals surface area contributed by atoms with E-state index in [0.717, 1.165) is 77.5 Å². The van der Waals surface area contributed by atoms with Gasteiger partial charge in [-0.2, -0.15) is 11.8 Å². The highest BCUT2D eigenvalue weighted by Gasteiger charge is 2.34. The number of nitrogens with one attached hydrogen (secondary N) is 2. The molecule has 28 heavy (non-hydrogen) atoms. The molecule has 6 nitrogen and oxygen atoms in total. The second-order valence-corrected chi connectivity index (χ2v) is 9.36. The minimum absolute atomic E-state index is 0. The third-order valence-corrected chi connectivity index (χ3v) is 7.66. The Morgan fingerprint density at radius 2 is 1.96 bits per heavy atom. The average molecular weight is 525 g/mol. The van der Waals surface area contributed by atoms with Crippen molar-refractivity contribution >= 4 is 47.6 Å². The van der Waals surface area contributed by atoms with Gasteiger partial charge in [0.25, 0.3) is 0 Å². The van der Waals surface area contributed by atoms with Crippen molar-refractivity contribution in [1.82, 2.24) is 15.5 Å². The summed E-state index contributed by atoms with van der Waals surface area (Å²) < 4.78 is 5.73. The number of rotatable bonds is 6. The van der Waals surface area contributed by atoms with Crippen LogP contribution in [-0.4, -0.2) is 73.2 Å². The van der Waals surface area contributed by atoms with E-state index in [4.69, 9.17) is 9.73 Å². The minimum atomic E-state index is 0. The second-order valence-electron chi connectivity index (χ2n) is 8.09. The van der Waals surface area contributed by atoms with Crippen LogP contribution in [0.3, 0.4) is 0 Å². The van der Waals surface area contributed by atoms with Gasteiger partial charge in [0.1, 0.15) is 0 Å². The van der Waals surface area contributed by atoms with Gasteiger partial charge in [-0.1, -0.05) is 12.8 Å². The van der Waals surface area contributed by atoms with Crippen LogP contribution in [0.15, 0.2) is 4.99 Å². The van der Waals surface area contributed by atoms with Crippen LogP contribution in [0.25, 0.3) is 0 Å². The highest BCUT2D eigenvalue weighted by molar-refractivity contribution is 14.0. The molecule has 0 spiro atoms. The fourth-order valence-electron chi connectivity index (χ4n) is 4.42. The molecule has 162 valence electrons. The van der Waals surface area contributed by atoms with Gasteiger partial charge >= 0.3 is 0 Å². The molecule has 1 atom stereocenters. The number of aliphatic imine (C=N–C) groups is 1. The normalized spacial score (nSPS) is 25.4. The Bertz CT molecular complexity index is 522. The van der Waals surface area contributed by atoms with Crippen molar-refractivity contribution in [2.75, 3.05) is 45.6 Å². The quantitative estimate of drug-likeness (QED) is 0.318. The summed E-state index contributed by atoms with van der Waals surface area (Å²) in [6.45, 7) is 7.10. The number of halogens is 1. The summed E-state index contributed by atoms with van der Waals surface area (Å²) in [5.41, 5.74) is 0. The van der Waals surface area contributed by atoms with Crippen LogP contribution in [0.2, 0.25) is 0 Å². The molecule has 0 radical (unpaired) electrons. The zero-order chi connectivity index (χ0) is 19.1. The topological polar surface area (TPSA) is 66.0 Å². The number of amides is 1. The number of guanidine groups is 1. The number of hydrogen-bond donors (Lipinski definition) is 2. The van der Waals surface area contributed by atoms with Crippen LogP contribution < -0.4 is 10.6 Å². The van der Waals surface area contributed by atoms with Gasteiger partial charge in [0.05, 0.1) is 6.54 Å². The molecule has 1 aliphatic carbocycles. The first-order valence-corrected chi connectivity index (χ1v) is 11.8. The highest BCUT2D eigenvalue weighted by Crippen LogP contribution is 2.34. The van der Waals surface area contributed by atoms with E-state index in [2.05, 4.69) is 28.7 Å². The Kier molecular flexibility index (Phi) is 10.2. The van der Waals surface area contributed by atoms with Gasteiger partial charge in [-0.15, -0.1) is 24.0 Å². The molecular weight excluding hydrogens is 487 g/mol. The molecule has 0 aromatic carbocycles. The van der Waals surface area contributed by atoms with E-state index in [1.807, 2.05) is 11.8 Å². The Labute approximate surface area is 191 Å². The highest BCUT2D eigenvalue weighted by atomic mass is 127. The van der Waals surface area contributed by atoms with E-state index in [1.165, 1.54) is 12.8 Å². The lowest BCUT2D eigenvalue weighted by Crippen LogP contribution is -2.46. The van der Waals surface area contributed by atoms with Crippen LogP contribution in [0.1, 0.15) is 51.9 Å². The summed E-state index contributed by atoms with van der Waals surface area (Å²) in [4.78, 5) is 19.6. The second kappa shape index (κ2) is 11.8. The molecule has 1 amide bonds. The van der Waals surface area contributed by atoms with Crippen molar-refractivity contribution in [3.63, 3.8) is 0 Å². The zero-order valence-corrected chi connectivity index (χ0v) is 20.5. The van der Waals surface area contributed by atoms with Gasteiger partial charge in [-0.05, 0) is 45.3 Å². The summed E-state index contributed by atoms with van der Waals surface area (Å²) in [5, 5.41) is 6.96. The monoisotopic (exact) mass is 524 g/mol. The Hall–Kier alpha value is -0.220. The average Bonchev–Trinajstić information content (AvgIpc) is 3.39. The van der Waals surface area contributed by atoms with Crippen LogP contribution in [0.4, 0.5) is 0 Å². The Morgan fingerprint density at radius 1 is 1.25 bits per heavy atom. The third-order valence-electron chi connectivity index (χ3n) is 6.25. The standard InChI is InChI=1S/C20H36N4O2S.HI/c1-3-21-19(22-15-20(27-2)9-12-26-13-10-20)23-17-8-11-24(14-17)18(25)16-6-4-5-7-16;/h16-17H,3-15H2,1-2H3,(H2,21,22,23);1H. The minimum Gasteiger partial charge on any atom is -0.381 e. The lowest BCUT2D eigenvalue weighted by Gasteiger charge is -2.34. The van der Waals surface area contributed by atoms with Gasteiger partial charge < -0.3 is 20.3 Å². The summed E-state index contributed by atoms with van der Waals surface area (Å²) in [5.74, 6) is 1.54. The molecule has 3 fully saturated rings. The summed E-state index contributed by atoms with van der Waals surface area (Å²) in [6.07, 6.45) is 9.90. The fourth-order valence-corrected chi connectivity index (χ4v) is 5.18. The fraction of sp³-hybridized carbons (Fsp3) is 0.900. The number of carbonyl (C=O) groups excluding carboxylic acids is 1. The van der Waals surface area contributed by atoms with Crippen LogP contribution >= 0.6 is 35.7 Å². The number of ether oxygens (including phenoxy) is 1. The maximum absolute atomic E-state index is 12.7. The number of hydrogen-bond acceptors (Lipinski definition) is 4. The SMILES string of the molecule is CCNC(=NCC1(SC)CCOCC1)NC1CCN(C(=O)C2CCCC2)C1.I. The van der Waals surface area contributed by atoms with Crippen molar-refractivity contribution in [2.24, 2.45) is 10.9 Å². The van der Waals surface area contributed by atoms with Gasteiger partial charge in [-0.25, -0.2) is 0 Å². The molecule has 2 N–H and O–H groups in total. The lowest BCUT2D eigenvalue weighted by atomic mass is 9.99. The van der Waals surface area contributed by atoms with Crippen molar-refractivity contribution in [2.45, 2.75) is 62.7 Å². The maximum atomic E-state index is 12.7. The molecule has 1 unspecified atom stereocenters. The van der Waals surface area contributed by atoms with Gasteiger partial charge in [0, 0.05) is 49.6 Å². The predicted molar refractivity (Wildman–Crippen MR) is 128 cm³/mol. The summed E-state index contributed by atoms with van der Waals surface area (Å²) in [7, 11) is 0. The predicted octanol–water partition coefficient (Wildman–Crippen LogP) is 2.86. The molecule has 1 saturated carbocycles. The van der Waals surface area contributed by atoms with E-state index in [1.54, 1.807) is 0 Å². The maximum Gasteiger partial charge on any atom is 0.225 e. The third kappa shape index (κ3) is 6.39. The van der Waals surface area contributed by atoms with E-state index < -0.39 is 0 Å². The number of likely N-dealkylation sites (tertiary alicyclic amines) is 1. The summed E-state index contributed by atoms with van der Waals surface area (Å²) in [6, 6.07) is 0.299. The van der Waals surface area contributed by atoms with Gasteiger partial charge in [0.2, 0.25) is 5.91 Å². The smallest absolute Gasteiger partial charge is 0.225 e. The molecule has 2 heterocycles. The molecule has 3 aliphatic rings. The van der Waals surface area contributed by atoms with E-state index in [9.17, 15) is 4.79 Å². The van der Waals surface area contributed by atoms with Crippen LogP contribution in [0, 0.1) is 5.92 Å². The van der Waals surface area contributed by atoms with Gasteiger partial charge in [0.15, 0.2) is 5.96 Å². The molecular formula is C20H37IN4O2S. The van der Waals surface area contributed by atoms with E-state index >= 15 is 0 Å². The van der Waals surface area contributed by atoms with Crippen molar-refractivity contribution in [1.29, 1.82) is 0 Å². The van der Waals surface area contributed by atoms with Crippen LogP contribution in [0.5, 0.6) is 0 Å². The summed E-state index contributed by atoms with van der Waals surface area (Å²) >= 11 is 1.92. The molecule has 2 aliphatic heterocycles. The Morgan fingerprint density at radius 3 is 2.61 bits per heavy atom. The number of nitrogens with zero attached hydrogens (tertiary/aromatic N) is 2. The molecule has 0 bridgehead atoms. The van der Waals surface area contributed by atoms with E-state index in [-0.39, 0.29) is 34.6 Å². The van der Waals surface area contributed by atoms with Crippen molar-refractivity contribution in [3.8, 4) is 0 Å². The first-order chi connectivity index (χ1) is 13.2. The lowest BCUT2D eigenvalue weighted by molar-refractivity contribution is -0.134. The number of thioether (sulfide) groups is 1. The molecule has 0 aromatic heterocycles. The number of carbonyl (C=O) groups is 1. The van der Waals surface area contributed by atoms with Crippen molar-refractivity contribution in [3.05, 3.63) is 0 Å². The molecule has 8 heteroatoms. The van der Waals surface area contributed by atoms with Gasteiger partial charge in [-0.3, -0.25) is 9.79 Å².